The molecule has 0 heterocycles. The van der Waals surface area contributed by atoms with Crippen LogP contribution in [0.1, 0.15) is 24.8 Å². The van der Waals surface area contributed by atoms with Crippen LogP contribution in [0.5, 0.6) is 0 Å². The predicted molar refractivity (Wildman–Crippen MR) is 77.3 cm³/mol. The van der Waals surface area contributed by atoms with Gasteiger partial charge in [0.25, 0.3) is 0 Å². The molecule has 1 saturated carbocycles. The molecule has 1 aromatic rings. The van der Waals surface area contributed by atoms with Gasteiger partial charge in [0, 0.05) is 12.6 Å². The maximum absolute atomic E-state index is 11.6. The van der Waals surface area contributed by atoms with Gasteiger partial charge in [0.2, 0.25) is 5.91 Å². The van der Waals surface area contributed by atoms with E-state index < -0.39 is 5.60 Å². The Bertz CT molecular complexity index is 510. The first kappa shape index (κ1) is 14.4. The first-order chi connectivity index (χ1) is 9.00. The molecule has 0 radical (unpaired) electrons. The first-order valence-electron chi connectivity index (χ1n) is 6.12. The van der Waals surface area contributed by atoms with E-state index in [4.69, 9.17) is 23.2 Å². The summed E-state index contributed by atoms with van der Waals surface area (Å²) in [7, 11) is 0. The standard InChI is InChI=1S/C14H15Cl2NO2/c15-11-4-1-3-10(13(11)16)5-6-12(18)17-9-14(19)7-2-8-14/h1,3-6,19H,2,7-9H2,(H,17,18). The number of hydrogen-bond donors (Lipinski definition) is 2. The van der Waals surface area contributed by atoms with Gasteiger partial charge < -0.3 is 10.4 Å². The molecule has 1 aliphatic rings. The molecule has 1 amide bonds. The molecule has 0 aromatic heterocycles. The van der Waals surface area contributed by atoms with E-state index in [2.05, 4.69) is 5.32 Å². The van der Waals surface area contributed by atoms with Crippen LogP contribution in [0.15, 0.2) is 24.3 Å². The molecule has 19 heavy (non-hydrogen) atoms. The Morgan fingerprint density at radius 3 is 2.79 bits per heavy atom. The van der Waals surface area contributed by atoms with Gasteiger partial charge in [-0.1, -0.05) is 35.3 Å². The van der Waals surface area contributed by atoms with E-state index >= 15 is 0 Å². The van der Waals surface area contributed by atoms with Crippen molar-refractivity contribution in [2.75, 3.05) is 6.54 Å². The molecule has 102 valence electrons. The molecule has 1 aliphatic carbocycles. The molecular formula is C14H15Cl2NO2. The number of carbonyl (C=O) groups is 1. The van der Waals surface area contributed by atoms with Crippen LogP contribution in [0.3, 0.4) is 0 Å². The molecule has 0 unspecified atom stereocenters. The van der Waals surface area contributed by atoms with E-state index in [9.17, 15) is 9.90 Å². The molecule has 1 fully saturated rings. The second-order valence-electron chi connectivity index (χ2n) is 4.77. The van der Waals surface area contributed by atoms with Crippen LogP contribution in [0.25, 0.3) is 6.08 Å². The highest BCUT2D eigenvalue weighted by Crippen LogP contribution is 2.30. The SMILES string of the molecule is O=C(C=Cc1cccc(Cl)c1Cl)NCC1(O)CCC1. The zero-order valence-corrected chi connectivity index (χ0v) is 11.8. The minimum atomic E-state index is -0.711. The lowest BCUT2D eigenvalue weighted by Crippen LogP contribution is -2.47. The number of halogens is 2. The fourth-order valence-electron chi connectivity index (χ4n) is 1.89. The maximum Gasteiger partial charge on any atom is 0.244 e. The third-order valence-electron chi connectivity index (χ3n) is 3.27. The van der Waals surface area contributed by atoms with Crippen LogP contribution in [0.2, 0.25) is 10.0 Å². The molecule has 0 spiro atoms. The van der Waals surface area contributed by atoms with Gasteiger partial charge >= 0.3 is 0 Å². The summed E-state index contributed by atoms with van der Waals surface area (Å²) in [5.74, 6) is -0.253. The third kappa shape index (κ3) is 3.72. The smallest absolute Gasteiger partial charge is 0.244 e. The Morgan fingerprint density at radius 2 is 2.16 bits per heavy atom. The molecular weight excluding hydrogens is 285 g/mol. The third-order valence-corrected chi connectivity index (χ3v) is 4.11. The lowest BCUT2D eigenvalue weighted by molar-refractivity contribution is -0.118. The number of amides is 1. The Morgan fingerprint density at radius 1 is 1.42 bits per heavy atom. The van der Waals surface area contributed by atoms with Crippen LogP contribution < -0.4 is 5.32 Å². The summed E-state index contributed by atoms with van der Waals surface area (Å²) in [5.41, 5.74) is -0.0244. The molecule has 0 saturated heterocycles. The molecule has 3 nitrogen and oxygen atoms in total. The van der Waals surface area contributed by atoms with Crippen molar-refractivity contribution < 1.29 is 9.90 Å². The van der Waals surface area contributed by atoms with E-state index in [0.717, 1.165) is 19.3 Å². The van der Waals surface area contributed by atoms with Crippen molar-refractivity contribution in [1.82, 2.24) is 5.32 Å². The Kier molecular flexibility index (Phi) is 4.50. The lowest BCUT2D eigenvalue weighted by Gasteiger charge is -2.36. The van der Waals surface area contributed by atoms with Crippen molar-refractivity contribution in [3.63, 3.8) is 0 Å². The quantitative estimate of drug-likeness (QED) is 0.840. The van der Waals surface area contributed by atoms with E-state index in [1.54, 1.807) is 24.3 Å². The lowest BCUT2D eigenvalue weighted by atomic mass is 9.80. The number of aliphatic hydroxyl groups is 1. The summed E-state index contributed by atoms with van der Waals surface area (Å²) in [6.07, 6.45) is 5.50. The highest BCUT2D eigenvalue weighted by Gasteiger charge is 2.34. The van der Waals surface area contributed by atoms with Gasteiger partial charge in [0.05, 0.1) is 15.6 Å². The highest BCUT2D eigenvalue weighted by atomic mass is 35.5. The summed E-state index contributed by atoms with van der Waals surface area (Å²) in [4.78, 5) is 11.6. The van der Waals surface area contributed by atoms with Crippen molar-refractivity contribution >= 4 is 35.2 Å². The van der Waals surface area contributed by atoms with Gasteiger partial charge in [0.15, 0.2) is 0 Å². The second-order valence-corrected chi connectivity index (χ2v) is 5.56. The molecule has 2 rings (SSSR count). The van der Waals surface area contributed by atoms with Crippen LogP contribution in [-0.4, -0.2) is 23.2 Å². The Hall–Kier alpha value is -1.03. The fraction of sp³-hybridized carbons (Fsp3) is 0.357. The van der Waals surface area contributed by atoms with Gasteiger partial charge in [-0.05, 0) is 37.0 Å². The van der Waals surface area contributed by atoms with Crippen molar-refractivity contribution in [2.24, 2.45) is 0 Å². The summed E-state index contributed by atoms with van der Waals surface area (Å²) in [6.45, 7) is 0.291. The van der Waals surface area contributed by atoms with Gasteiger partial charge in [-0.3, -0.25) is 4.79 Å². The number of carbonyl (C=O) groups excluding carboxylic acids is 1. The largest absolute Gasteiger partial charge is 0.388 e. The molecule has 2 N–H and O–H groups in total. The first-order valence-corrected chi connectivity index (χ1v) is 6.88. The van der Waals surface area contributed by atoms with Gasteiger partial charge in [-0.15, -0.1) is 0 Å². The van der Waals surface area contributed by atoms with E-state index in [1.165, 1.54) is 6.08 Å². The van der Waals surface area contributed by atoms with Gasteiger partial charge in [-0.2, -0.15) is 0 Å². The van der Waals surface area contributed by atoms with Crippen LogP contribution in [0, 0.1) is 0 Å². The summed E-state index contributed by atoms with van der Waals surface area (Å²) in [5, 5.41) is 13.4. The highest BCUT2D eigenvalue weighted by molar-refractivity contribution is 6.42. The second kappa shape index (κ2) is 5.95. The zero-order valence-electron chi connectivity index (χ0n) is 10.3. The topological polar surface area (TPSA) is 49.3 Å². The van der Waals surface area contributed by atoms with E-state index in [1.807, 2.05) is 0 Å². The monoisotopic (exact) mass is 299 g/mol. The van der Waals surface area contributed by atoms with Crippen molar-refractivity contribution in [2.45, 2.75) is 24.9 Å². The van der Waals surface area contributed by atoms with Crippen LogP contribution in [0.4, 0.5) is 0 Å². The van der Waals surface area contributed by atoms with Gasteiger partial charge in [-0.25, -0.2) is 0 Å². The predicted octanol–water partition coefficient (Wildman–Crippen LogP) is 3.04. The number of nitrogens with one attached hydrogen (secondary N) is 1. The normalized spacial score (nSPS) is 17.2. The van der Waals surface area contributed by atoms with E-state index in [-0.39, 0.29) is 5.91 Å². The van der Waals surface area contributed by atoms with Crippen molar-refractivity contribution in [3.8, 4) is 0 Å². The van der Waals surface area contributed by atoms with Crippen molar-refractivity contribution in [1.29, 1.82) is 0 Å². The fourth-order valence-corrected chi connectivity index (χ4v) is 2.26. The zero-order chi connectivity index (χ0) is 13.9. The number of rotatable bonds is 4. The minimum Gasteiger partial charge on any atom is -0.388 e. The summed E-state index contributed by atoms with van der Waals surface area (Å²) >= 11 is 11.9. The molecule has 0 atom stereocenters. The van der Waals surface area contributed by atoms with Crippen LogP contribution >= 0.6 is 23.2 Å². The summed E-state index contributed by atoms with van der Waals surface area (Å²) in [6, 6.07) is 5.23. The maximum atomic E-state index is 11.6. The van der Waals surface area contributed by atoms with Gasteiger partial charge in [0.1, 0.15) is 0 Å². The Balaban J connectivity index is 1.91. The average molecular weight is 300 g/mol. The number of hydrogen-bond acceptors (Lipinski definition) is 2. The van der Waals surface area contributed by atoms with Crippen molar-refractivity contribution in [3.05, 3.63) is 39.9 Å². The molecule has 0 bridgehead atoms. The summed E-state index contributed by atoms with van der Waals surface area (Å²) < 4.78 is 0. The minimum absolute atomic E-state index is 0.253. The Labute approximate surface area is 122 Å². The molecule has 1 aromatic carbocycles. The average Bonchev–Trinajstić information content (AvgIpc) is 2.36. The molecule has 5 heteroatoms. The molecule has 0 aliphatic heterocycles. The van der Waals surface area contributed by atoms with E-state index in [0.29, 0.717) is 22.2 Å². The number of benzene rings is 1. The van der Waals surface area contributed by atoms with Crippen LogP contribution in [-0.2, 0) is 4.79 Å².